The quantitative estimate of drug-likeness (QED) is 0.420. The van der Waals surface area contributed by atoms with Gasteiger partial charge in [0.25, 0.3) is 0 Å². The monoisotopic (exact) mass is 348 g/mol. The number of anilines is 2. The van der Waals surface area contributed by atoms with Crippen LogP contribution in [0.4, 0.5) is 11.4 Å². The summed E-state index contributed by atoms with van der Waals surface area (Å²) in [6, 6.07) is 19.0. The molecule has 26 heavy (non-hydrogen) atoms. The van der Waals surface area contributed by atoms with Crippen LogP contribution < -0.4 is 11.5 Å². The molecule has 3 aromatic rings. The zero-order chi connectivity index (χ0) is 18.9. The summed E-state index contributed by atoms with van der Waals surface area (Å²) in [5.74, 6) is 0.205. The summed E-state index contributed by atoms with van der Waals surface area (Å²) in [5.41, 5.74) is 16.6. The molecule has 0 unspecified atom stereocenters. The molecule has 4 nitrogen and oxygen atoms in total. The second kappa shape index (κ2) is 6.64. The van der Waals surface area contributed by atoms with E-state index in [2.05, 4.69) is 32.0 Å². The Kier molecular flexibility index (Phi) is 4.51. The van der Waals surface area contributed by atoms with Gasteiger partial charge < -0.3 is 21.7 Å². The summed E-state index contributed by atoms with van der Waals surface area (Å²) >= 11 is 0. The Morgan fingerprint density at radius 1 is 0.731 bits per heavy atom. The highest BCUT2D eigenvalue weighted by Crippen LogP contribution is 2.35. The minimum Gasteiger partial charge on any atom is -0.506 e. The van der Waals surface area contributed by atoms with E-state index in [9.17, 15) is 10.2 Å². The van der Waals surface area contributed by atoms with Gasteiger partial charge in [0, 0.05) is 5.41 Å². The van der Waals surface area contributed by atoms with Gasteiger partial charge in [-0.2, -0.15) is 0 Å². The van der Waals surface area contributed by atoms with Crippen LogP contribution in [0.1, 0.15) is 36.1 Å². The molecule has 0 aliphatic heterocycles. The van der Waals surface area contributed by atoms with Crippen LogP contribution in [0.2, 0.25) is 0 Å². The van der Waals surface area contributed by atoms with Crippen LogP contribution in [-0.4, -0.2) is 10.2 Å². The van der Waals surface area contributed by atoms with E-state index in [0.717, 1.165) is 28.7 Å². The second-order valence-corrected chi connectivity index (χ2v) is 7.17. The third-order valence-corrected chi connectivity index (χ3v) is 4.90. The Morgan fingerprint density at radius 2 is 1.31 bits per heavy atom. The normalized spacial score (nSPS) is 11.5. The minimum atomic E-state index is -0.258. The topological polar surface area (TPSA) is 92.5 Å². The molecule has 4 heteroatoms. The fourth-order valence-electron chi connectivity index (χ4n) is 3.13. The first-order valence-electron chi connectivity index (χ1n) is 8.53. The lowest BCUT2D eigenvalue weighted by Gasteiger charge is -2.27. The molecule has 0 radical (unpaired) electrons. The van der Waals surface area contributed by atoms with Gasteiger partial charge in [-0.1, -0.05) is 50.2 Å². The van der Waals surface area contributed by atoms with Crippen LogP contribution in [0.3, 0.4) is 0 Å². The molecule has 0 fully saturated rings. The van der Waals surface area contributed by atoms with Crippen molar-refractivity contribution in [2.45, 2.75) is 25.7 Å². The van der Waals surface area contributed by atoms with Crippen LogP contribution in [0, 0.1) is 0 Å². The smallest absolute Gasteiger partial charge is 0.138 e. The van der Waals surface area contributed by atoms with E-state index >= 15 is 0 Å². The fourth-order valence-corrected chi connectivity index (χ4v) is 3.13. The van der Waals surface area contributed by atoms with Crippen LogP contribution in [0.5, 0.6) is 11.5 Å². The van der Waals surface area contributed by atoms with Crippen molar-refractivity contribution in [3.05, 3.63) is 82.9 Å². The fraction of sp³-hybridized carbons (Fsp3) is 0.182. The van der Waals surface area contributed by atoms with Gasteiger partial charge in [0.2, 0.25) is 0 Å². The number of benzene rings is 3. The lowest BCUT2D eigenvalue weighted by atomic mass is 9.77. The zero-order valence-electron chi connectivity index (χ0n) is 15.0. The number of phenolic OH excluding ortho intramolecular Hbond substituents is 2. The number of rotatable bonds is 4. The van der Waals surface area contributed by atoms with Gasteiger partial charge >= 0.3 is 0 Å². The average molecular weight is 348 g/mol. The average Bonchev–Trinajstić information content (AvgIpc) is 2.61. The van der Waals surface area contributed by atoms with Crippen LogP contribution >= 0.6 is 0 Å². The third-order valence-electron chi connectivity index (χ3n) is 4.90. The lowest BCUT2D eigenvalue weighted by molar-refractivity contribution is 0.477. The van der Waals surface area contributed by atoms with Gasteiger partial charge in [-0.05, 0) is 52.9 Å². The number of nitrogens with two attached hydrogens (primary N) is 2. The first kappa shape index (κ1) is 17.7. The Labute approximate surface area is 153 Å². The molecule has 0 aromatic heterocycles. The first-order valence-corrected chi connectivity index (χ1v) is 8.53. The highest BCUT2D eigenvalue weighted by Gasteiger charge is 2.24. The number of nitrogen functional groups attached to an aromatic ring is 2. The Bertz CT molecular complexity index is 949. The number of hydrogen-bond acceptors (Lipinski definition) is 4. The molecule has 0 spiro atoms. The van der Waals surface area contributed by atoms with E-state index in [0.29, 0.717) is 11.4 Å². The summed E-state index contributed by atoms with van der Waals surface area (Å²) < 4.78 is 0. The summed E-state index contributed by atoms with van der Waals surface area (Å²) in [5, 5.41) is 19.3. The third kappa shape index (κ3) is 3.45. The SMILES string of the molecule is CC(C)(c1cccc(Cc2ccc(O)c(N)c2)c1)c1ccc(O)c(N)c1. The van der Waals surface area contributed by atoms with Crippen molar-refractivity contribution in [2.24, 2.45) is 0 Å². The molecular formula is C22H24N2O2. The Hall–Kier alpha value is -3.14. The zero-order valence-corrected chi connectivity index (χ0v) is 15.0. The summed E-state index contributed by atoms with van der Waals surface area (Å²) in [7, 11) is 0. The number of phenols is 2. The van der Waals surface area contributed by atoms with Crippen molar-refractivity contribution in [3.8, 4) is 11.5 Å². The van der Waals surface area contributed by atoms with Gasteiger partial charge in [-0.15, -0.1) is 0 Å². The van der Waals surface area contributed by atoms with Gasteiger partial charge in [0.1, 0.15) is 11.5 Å². The molecule has 0 saturated heterocycles. The molecule has 6 N–H and O–H groups in total. The van der Waals surface area contributed by atoms with Gasteiger partial charge in [0.15, 0.2) is 0 Å². The standard InChI is InChI=1S/C22H24N2O2/c1-22(2,17-7-9-21(26)19(24)13-17)16-5-3-4-14(11-16)10-15-6-8-20(25)18(23)12-15/h3-9,11-13,25-26H,10,23-24H2,1-2H3. The molecule has 0 bridgehead atoms. The van der Waals surface area contributed by atoms with Crippen molar-refractivity contribution in [3.63, 3.8) is 0 Å². The largest absolute Gasteiger partial charge is 0.506 e. The van der Waals surface area contributed by atoms with Gasteiger partial charge in [0.05, 0.1) is 11.4 Å². The first-order chi connectivity index (χ1) is 12.3. The summed E-state index contributed by atoms with van der Waals surface area (Å²) in [6.45, 7) is 4.27. The van der Waals surface area contributed by atoms with E-state index in [1.807, 2.05) is 24.3 Å². The maximum atomic E-state index is 9.68. The summed E-state index contributed by atoms with van der Waals surface area (Å²) in [4.78, 5) is 0. The van der Waals surface area contributed by atoms with Crippen molar-refractivity contribution >= 4 is 11.4 Å². The highest BCUT2D eigenvalue weighted by atomic mass is 16.3. The molecule has 0 aliphatic rings. The van der Waals surface area contributed by atoms with Crippen molar-refractivity contribution in [2.75, 3.05) is 11.5 Å². The molecule has 3 rings (SSSR count). The van der Waals surface area contributed by atoms with E-state index in [4.69, 9.17) is 11.5 Å². The van der Waals surface area contributed by atoms with E-state index in [1.54, 1.807) is 18.2 Å². The van der Waals surface area contributed by atoms with Crippen LogP contribution in [-0.2, 0) is 11.8 Å². The molecular weight excluding hydrogens is 324 g/mol. The molecule has 0 heterocycles. The molecule has 0 saturated carbocycles. The predicted octanol–water partition coefficient (Wildman–Crippen LogP) is 4.18. The Morgan fingerprint density at radius 3 is 1.96 bits per heavy atom. The second-order valence-electron chi connectivity index (χ2n) is 7.17. The lowest BCUT2D eigenvalue weighted by Crippen LogP contribution is -2.19. The predicted molar refractivity (Wildman–Crippen MR) is 106 cm³/mol. The van der Waals surface area contributed by atoms with Crippen LogP contribution in [0.15, 0.2) is 60.7 Å². The minimum absolute atomic E-state index is 0.100. The molecule has 0 amide bonds. The maximum Gasteiger partial charge on any atom is 0.138 e. The van der Waals surface area contributed by atoms with Gasteiger partial charge in [-0.25, -0.2) is 0 Å². The Balaban J connectivity index is 1.92. The molecule has 134 valence electrons. The van der Waals surface area contributed by atoms with Gasteiger partial charge in [-0.3, -0.25) is 0 Å². The molecule has 0 aliphatic carbocycles. The van der Waals surface area contributed by atoms with Crippen molar-refractivity contribution in [1.29, 1.82) is 0 Å². The summed E-state index contributed by atoms with van der Waals surface area (Å²) in [6.07, 6.45) is 0.728. The van der Waals surface area contributed by atoms with E-state index in [1.165, 1.54) is 0 Å². The molecule has 3 aromatic carbocycles. The van der Waals surface area contributed by atoms with Crippen molar-refractivity contribution in [1.82, 2.24) is 0 Å². The maximum absolute atomic E-state index is 9.68. The highest BCUT2D eigenvalue weighted by molar-refractivity contribution is 5.56. The van der Waals surface area contributed by atoms with Crippen molar-refractivity contribution < 1.29 is 10.2 Å². The molecule has 0 atom stereocenters. The van der Waals surface area contributed by atoms with E-state index in [-0.39, 0.29) is 16.9 Å². The number of hydrogen-bond donors (Lipinski definition) is 4. The van der Waals surface area contributed by atoms with E-state index < -0.39 is 0 Å². The number of aromatic hydroxyl groups is 2. The van der Waals surface area contributed by atoms with Crippen LogP contribution in [0.25, 0.3) is 0 Å².